The van der Waals surface area contributed by atoms with Gasteiger partial charge in [-0.05, 0) is 19.1 Å². The second-order valence-electron chi connectivity index (χ2n) is 4.21. The van der Waals surface area contributed by atoms with Gasteiger partial charge in [0.1, 0.15) is 0 Å². The maximum absolute atomic E-state index is 6.05. The van der Waals surface area contributed by atoms with Crippen LogP contribution in [0, 0.1) is 0 Å². The Labute approximate surface area is 113 Å². The average Bonchev–Trinajstić information content (AvgIpc) is 2.94. The Kier molecular flexibility index (Phi) is 4.55. The summed E-state index contributed by atoms with van der Waals surface area (Å²) in [6.45, 7) is 3.72. The molecule has 0 atom stereocenters. The summed E-state index contributed by atoms with van der Waals surface area (Å²) >= 11 is 0. The second kappa shape index (κ2) is 6.58. The van der Waals surface area contributed by atoms with Crippen LogP contribution in [-0.2, 0) is 6.42 Å². The van der Waals surface area contributed by atoms with Crippen molar-refractivity contribution in [2.45, 2.75) is 13.3 Å². The zero-order valence-corrected chi connectivity index (χ0v) is 11.1. The molecule has 1 aromatic carbocycles. The van der Waals surface area contributed by atoms with Crippen molar-refractivity contribution in [1.29, 1.82) is 0 Å². The van der Waals surface area contributed by atoms with Crippen molar-refractivity contribution in [1.82, 2.24) is 14.9 Å². The van der Waals surface area contributed by atoms with Crippen molar-refractivity contribution in [2.24, 2.45) is 10.7 Å². The fourth-order valence-electron chi connectivity index (χ4n) is 1.82. The van der Waals surface area contributed by atoms with Crippen molar-refractivity contribution >= 4 is 11.6 Å². The lowest BCUT2D eigenvalue weighted by atomic mass is 10.3. The minimum Gasteiger partial charge on any atom is -0.369 e. The molecule has 0 bridgehead atoms. The number of aliphatic imine (C=N–C) groups is 1. The molecule has 0 amide bonds. The maximum atomic E-state index is 6.05. The van der Waals surface area contributed by atoms with E-state index in [0.717, 1.165) is 30.9 Å². The summed E-state index contributed by atoms with van der Waals surface area (Å²) in [6, 6.07) is 9.75. The molecule has 3 N–H and O–H groups in total. The molecule has 5 heteroatoms. The summed E-state index contributed by atoms with van der Waals surface area (Å²) in [5.41, 5.74) is 8.03. The normalized spacial score (nSPS) is 11.5. The zero-order valence-electron chi connectivity index (χ0n) is 11.1. The highest BCUT2D eigenvalue weighted by atomic mass is 15.2. The van der Waals surface area contributed by atoms with Gasteiger partial charge in [0.05, 0.1) is 12.0 Å². The molecule has 2 aromatic rings. The first kappa shape index (κ1) is 13.1. The standard InChI is InChI=1S/C14H19N5/c1-2-19(9-8-13-10-16-11-17-13)14(15)18-12-6-4-3-5-7-12/h3-7,10-11H,2,8-9H2,1H3,(H2,15,18)(H,16,17). The first-order chi connectivity index (χ1) is 9.29. The summed E-state index contributed by atoms with van der Waals surface area (Å²) in [4.78, 5) is 13.6. The van der Waals surface area contributed by atoms with Gasteiger partial charge in [0, 0.05) is 31.4 Å². The average molecular weight is 257 g/mol. The molecule has 0 aliphatic carbocycles. The Morgan fingerprint density at radius 2 is 2.16 bits per heavy atom. The van der Waals surface area contributed by atoms with Gasteiger partial charge in [0.15, 0.2) is 5.96 Å². The molecule has 0 spiro atoms. The van der Waals surface area contributed by atoms with Gasteiger partial charge in [0.2, 0.25) is 0 Å². The molecule has 0 fully saturated rings. The van der Waals surface area contributed by atoms with E-state index in [1.165, 1.54) is 0 Å². The lowest BCUT2D eigenvalue weighted by molar-refractivity contribution is 0.438. The Hall–Kier alpha value is -2.30. The van der Waals surface area contributed by atoms with Gasteiger partial charge in [-0.3, -0.25) is 0 Å². The van der Waals surface area contributed by atoms with Gasteiger partial charge in [-0.1, -0.05) is 18.2 Å². The molecular formula is C14H19N5. The van der Waals surface area contributed by atoms with E-state index in [-0.39, 0.29) is 0 Å². The fraction of sp³-hybridized carbons (Fsp3) is 0.286. The van der Waals surface area contributed by atoms with E-state index in [4.69, 9.17) is 5.73 Å². The van der Waals surface area contributed by atoms with Crippen LogP contribution < -0.4 is 5.73 Å². The molecule has 0 radical (unpaired) electrons. The lowest BCUT2D eigenvalue weighted by Crippen LogP contribution is -2.38. The van der Waals surface area contributed by atoms with Crippen LogP contribution in [0.4, 0.5) is 5.69 Å². The van der Waals surface area contributed by atoms with Crippen molar-refractivity contribution < 1.29 is 0 Å². The summed E-state index contributed by atoms with van der Waals surface area (Å²) in [5, 5.41) is 0. The van der Waals surface area contributed by atoms with Gasteiger partial charge in [0.25, 0.3) is 0 Å². The number of imidazole rings is 1. The van der Waals surface area contributed by atoms with Gasteiger partial charge in [-0.15, -0.1) is 0 Å². The predicted octanol–water partition coefficient (Wildman–Crippen LogP) is 1.92. The molecular weight excluding hydrogens is 238 g/mol. The first-order valence-electron chi connectivity index (χ1n) is 6.41. The third-order valence-electron chi connectivity index (χ3n) is 2.91. The van der Waals surface area contributed by atoms with E-state index in [0.29, 0.717) is 5.96 Å². The third-order valence-corrected chi connectivity index (χ3v) is 2.91. The number of aromatic amines is 1. The molecule has 1 aromatic heterocycles. The highest BCUT2D eigenvalue weighted by Gasteiger charge is 2.06. The predicted molar refractivity (Wildman–Crippen MR) is 77.3 cm³/mol. The Bertz CT molecular complexity index is 504. The maximum Gasteiger partial charge on any atom is 0.196 e. The molecule has 0 aliphatic heterocycles. The van der Waals surface area contributed by atoms with Crippen LogP contribution in [0.2, 0.25) is 0 Å². The largest absolute Gasteiger partial charge is 0.369 e. The Morgan fingerprint density at radius 1 is 1.37 bits per heavy atom. The van der Waals surface area contributed by atoms with Crippen LogP contribution in [0.3, 0.4) is 0 Å². The van der Waals surface area contributed by atoms with Gasteiger partial charge in [-0.2, -0.15) is 0 Å². The quantitative estimate of drug-likeness (QED) is 0.635. The number of guanidine groups is 1. The molecule has 0 unspecified atom stereocenters. The molecule has 19 heavy (non-hydrogen) atoms. The fourth-order valence-corrected chi connectivity index (χ4v) is 1.82. The van der Waals surface area contributed by atoms with Crippen molar-refractivity contribution in [3.8, 4) is 0 Å². The van der Waals surface area contributed by atoms with E-state index in [1.807, 2.05) is 41.4 Å². The molecule has 0 saturated carbocycles. The van der Waals surface area contributed by atoms with Crippen molar-refractivity contribution in [3.63, 3.8) is 0 Å². The summed E-state index contributed by atoms with van der Waals surface area (Å²) < 4.78 is 0. The first-order valence-corrected chi connectivity index (χ1v) is 6.41. The number of rotatable bonds is 5. The molecule has 0 aliphatic rings. The number of nitrogens with two attached hydrogens (primary N) is 1. The van der Waals surface area contributed by atoms with E-state index < -0.39 is 0 Å². The topological polar surface area (TPSA) is 70.3 Å². The van der Waals surface area contributed by atoms with Gasteiger partial charge >= 0.3 is 0 Å². The minimum absolute atomic E-state index is 0.549. The SMILES string of the molecule is CCN(CCc1cnc[nH]1)C(N)=Nc1ccccc1. The highest BCUT2D eigenvalue weighted by molar-refractivity contribution is 5.81. The summed E-state index contributed by atoms with van der Waals surface area (Å²) in [7, 11) is 0. The molecule has 2 rings (SSSR count). The third kappa shape index (κ3) is 3.84. The number of hydrogen-bond donors (Lipinski definition) is 2. The van der Waals surface area contributed by atoms with Crippen molar-refractivity contribution in [2.75, 3.05) is 13.1 Å². The molecule has 100 valence electrons. The number of H-pyrrole nitrogens is 1. The molecule has 0 saturated heterocycles. The van der Waals surface area contributed by atoms with Crippen LogP contribution in [-0.4, -0.2) is 33.9 Å². The Morgan fingerprint density at radius 3 is 2.79 bits per heavy atom. The number of nitrogens with one attached hydrogen (secondary N) is 1. The number of likely N-dealkylation sites (N-methyl/N-ethyl adjacent to an activating group) is 1. The zero-order chi connectivity index (χ0) is 13.5. The van der Waals surface area contributed by atoms with Crippen LogP contribution in [0.5, 0.6) is 0 Å². The summed E-state index contributed by atoms with van der Waals surface area (Å²) in [6.07, 6.45) is 4.39. The number of benzene rings is 1. The number of para-hydroxylation sites is 1. The van der Waals surface area contributed by atoms with E-state index in [9.17, 15) is 0 Å². The van der Waals surface area contributed by atoms with Crippen LogP contribution in [0.15, 0.2) is 47.8 Å². The lowest BCUT2D eigenvalue weighted by Gasteiger charge is -2.21. The van der Waals surface area contributed by atoms with E-state index >= 15 is 0 Å². The monoisotopic (exact) mass is 257 g/mol. The van der Waals surface area contributed by atoms with Gasteiger partial charge in [-0.25, -0.2) is 9.98 Å². The highest BCUT2D eigenvalue weighted by Crippen LogP contribution is 2.10. The van der Waals surface area contributed by atoms with Gasteiger partial charge < -0.3 is 15.6 Å². The van der Waals surface area contributed by atoms with Crippen LogP contribution >= 0.6 is 0 Å². The number of hydrogen-bond acceptors (Lipinski definition) is 2. The Balaban J connectivity index is 1.98. The molecule has 5 nitrogen and oxygen atoms in total. The van der Waals surface area contributed by atoms with E-state index in [2.05, 4.69) is 21.9 Å². The number of nitrogens with zero attached hydrogens (tertiary/aromatic N) is 3. The van der Waals surface area contributed by atoms with Crippen molar-refractivity contribution in [3.05, 3.63) is 48.5 Å². The summed E-state index contributed by atoms with van der Waals surface area (Å²) in [5.74, 6) is 0.549. The minimum atomic E-state index is 0.549. The van der Waals surface area contributed by atoms with Crippen LogP contribution in [0.1, 0.15) is 12.6 Å². The van der Waals surface area contributed by atoms with Crippen LogP contribution in [0.25, 0.3) is 0 Å². The smallest absolute Gasteiger partial charge is 0.196 e. The molecule has 1 heterocycles. The number of aromatic nitrogens is 2. The van der Waals surface area contributed by atoms with E-state index in [1.54, 1.807) is 6.33 Å². The second-order valence-corrected chi connectivity index (χ2v) is 4.21.